The van der Waals surface area contributed by atoms with Gasteiger partial charge in [0.1, 0.15) is 0 Å². The number of alkyl halides is 2. The van der Waals surface area contributed by atoms with Gasteiger partial charge in [-0.3, -0.25) is 0 Å². The number of nitrogens with zero attached hydrogens (tertiary/aromatic N) is 1. The fourth-order valence-electron chi connectivity index (χ4n) is 6.45. The first kappa shape index (κ1) is 21.7. The number of fused-ring (bicyclic) bond motifs is 2. The van der Waals surface area contributed by atoms with E-state index in [1.165, 1.54) is 0 Å². The van der Waals surface area contributed by atoms with Crippen molar-refractivity contribution in [1.82, 2.24) is 5.16 Å². The van der Waals surface area contributed by atoms with E-state index in [4.69, 9.17) is 16.1 Å². The number of hydrogen-bond donors (Lipinski definition) is 3. The molecule has 0 amide bonds. The summed E-state index contributed by atoms with van der Waals surface area (Å²) < 4.78 is 4.75. The van der Waals surface area contributed by atoms with Gasteiger partial charge in [-0.05, 0) is 0 Å². The average Bonchev–Trinajstić information content (AvgIpc) is 3.29. The molecule has 6 atom stereocenters. The fourth-order valence-corrected chi connectivity index (χ4v) is 11.8. The number of anilines is 1. The number of halogens is 2. The molecule has 0 spiro atoms. The number of hydrogen-bond acceptors (Lipinski definition) is 5. The molecule has 33 heavy (non-hydrogen) atoms. The quantitative estimate of drug-likeness (QED) is 0.303. The molecule has 6 unspecified atom stereocenters. The molecule has 1 saturated carbocycles. The van der Waals surface area contributed by atoms with Crippen molar-refractivity contribution in [2.45, 2.75) is 50.8 Å². The standard InChI is InChI=1S/C25H25ClIN2O4/c1-24(2)14-11-13(26)9-10-15(14)29(3)23(24)25-20(27-25)19(30)17(21(25)31)16-18(28-33-22(16)32)12-7-5-4-6-8-12/h4-11,17,19-21,23,28,30-31H,1-3H3/q-1. The van der Waals surface area contributed by atoms with Gasteiger partial charge in [0.25, 0.3) is 0 Å². The van der Waals surface area contributed by atoms with E-state index in [9.17, 15) is 15.0 Å². The van der Waals surface area contributed by atoms with Crippen molar-refractivity contribution in [2.75, 3.05) is 11.9 Å². The van der Waals surface area contributed by atoms with E-state index in [-0.39, 0.29) is 15.4 Å². The number of aliphatic hydroxyl groups excluding tert-OH is 2. The van der Waals surface area contributed by atoms with Gasteiger partial charge >= 0.3 is 207 Å². The van der Waals surface area contributed by atoms with Gasteiger partial charge in [0, 0.05) is 0 Å². The number of aromatic amines is 1. The van der Waals surface area contributed by atoms with Crippen LogP contribution >= 0.6 is 11.6 Å². The van der Waals surface area contributed by atoms with Gasteiger partial charge in [0.15, 0.2) is 0 Å². The number of likely N-dealkylation sites (N-methyl/N-ethyl adjacent to an activating group) is 1. The van der Waals surface area contributed by atoms with Crippen molar-refractivity contribution < 1.29 is 35.9 Å². The minimum absolute atomic E-state index is 0.00271. The number of H-pyrrole nitrogens is 1. The van der Waals surface area contributed by atoms with Crippen molar-refractivity contribution in [1.29, 1.82) is 0 Å². The fraction of sp³-hybridized carbons (Fsp3) is 0.400. The Morgan fingerprint density at radius 2 is 1.88 bits per heavy atom. The second kappa shape index (κ2) is 7.10. The summed E-state index contributed by atoms with van der Waals surface area (Å²) in [4.78, 5) is 15.1. The molecule has 3 aliphatic rings. The summed E-state index contributed by atoms with van der Waals surface area (Å²) in [5, 5.41) is 26.7. The number of nitrogens with one attached hydrogen (secondary N) is 1. The molecular formula is C25H25ClIN2O4-. The molecule has 1 saturated heterocycles. The molecule has 2 aliphatic heterocycles. The SMILES string of the molecule is CN1c2ccc(Cl)cc2C(C)(C)C1C12[I-]C1C(O)C(c1c(-c3ccccc3)[nH]oc1=O)C2O. The number of aliphatic hydroxyl groups is 2. The van der Waals surface area contributed by atoms with Crippen molar-refractivity contribution in [3.8, 4) is 11.3 Å². The van der Waals surface area contributed by atoms with Crippen LogP contribution in [0.3, 0.4) is 0 Å². The van der Waals surface area contributed by atoms with Crippen molar-refractivity contribution >= 4 is 17.3 Å². The predicted octanol–water partition coefficient (Wildman–Crippen LogP) is 0.114. The zero-order valence-electron chi connectivity index (χ0n) is 18.4. The molecule has 1 aliphatic carbocycles. The van der Waals surface area contributed by atoms with Crippen LogP contribution in [0, 0.1) is 0 Å². The van der Waals surface area contributed by atoms with Crippen LogP contribution < -0.4 is 31.7 Å². The van der Waals surface area contributed by atoms with Crippen LogP contribution in [0.1, 0.15) is 30.9 Å². The van der Waals surface area contributed by atoms with E-state index in [2.05, 4.69) is 31.0 Å². The number of aromatic nitrogens is 1. The Bertz CT molecular complexity index is 1310. The van der Waals surface area contributed by atoms with Crippen LogP contribution in [0.15, 0.2) is 57.8 Å². The van der Waals surface area contributed by atoms with Gasteiger partial charge in [0.05, 0.1) is 0 Å². The second-order valence-corrected chi connectivity index (χ2v) is 14.1. The van der Waals surface area contributed by atoms with Crippen LogP contribution in [0.5, 0.6) is 0 Å². The Hall–Kier alpha value is -1.81. The molecule has 0 radical (unpaired) electrons. The van der Waals surface area contributed by atoms with Gasteiger partial charge in [-0.2, -0.15) is 0 Å². The van der Waals surface area contributed by atoms with E-state index in [0.29, 0.717) is 16.3 Å². The van der Waals surface area contributed by atoms with E-state index in [0.717, 1.165) is 16.8 Å². The van der Waals surface area contributed by atoms with E-state index >= 15 is 0 Å². The van der Waals surface area contributed by atoms with Crippen molar-refractivity contribution in [3.05, 3.63) is 75.1 Å². The monoisotopic (exact) mass is 579 g/mol. The molecule has 0 bridgehead atoms. The van der Waals surface area contributed by atoms with E-state index in [1.807, 2.05) is 48.5 Å². The van der Waals surface area contributed by atoms with Gasteiger partial charge in [-0.25, -0.2) is 0 Å². The first-order valence-electron chi connectivity index (χ1n) is 11.0. The van der Waals surface area contributed by atoms with Crippen molar-refractivity contribution in [3.63, 3.8) is 0 Å². The molecule has 6 nitrogen and oxygen atoms in total. The van der Waals surface area contributed by atoms with Gasteiger partial charge in [0.2, 0.25) is 0 Å². The Morgan fingerprint density at radius 3 is 2.61 bits per heavy atom. The molecule has 8 heteroatoms. The maximum absolute atomic E-state index is 12.8. The zero-order chi connectivity index (χ0) is 23.3. The third kappa shape index (κ3) is 2.76. The molecule has 3 heterocycles. The average molecular weight is 580 g/mol. The number of rotatable bonds is 3. The molecule has 174 valence electrons. The summed E-state index contributed by atoms with van der Waals surface area (Å²) in [6.07, 6.45) is -1.63. The molecule has 3 aromatic rings. The summed E-state index contributed by atoms with van der Waals surface area (Å²) in [7, 11) is 2.06. The Morgan fingerprint density at radius 1 is 1.15 bits per heavy atom. The predicted molar refractivity (Wildman–Crippen MR) is 123 cm³/mol. The van der Waals surface area contributed by atoms with Crippen LogP contribution in [0.4, 0.5) is 5.69 Å². The maximum atomic E-state index is 12.8. The van der Waals surface area contributed by atoms with Crippen LogP contribution in [0.25, 0.3) is 11.3 Å². The molecule has 1 aromatic heterocycles. The minimum atomic E-state index is -0.844. The summed E-state index contributed by atoms with van der Waals surface area (Å²) in [5.41, 5.74) is 3.13. The molecule has 6 rings (SSSR count). The Balaban J connectivity index is 1.44. The summed E-state index contributed by atoms with van der Waals surface area (Å²) >= 11 is 5.86. The third-order valence-corrected chi connectivity index (χ3v) is 12.8. The molecule has 3 N–H and O–H groups in total. The van der Waals surface area contributed by atoms with Crippen LogP contribution in [0.2, 0.25) is 5.02 Å². The summed E-state index contributed by atoms with van der Waals surface area (Å²) in [6, 6.07) is 15.4. The molecule has 2 fully saturated rings. The Labute approximate surface area is 206 Å². The summed E-state index contributed by atoms with van der Waals surface area (Å²) in [6.45, 7) is 4.38. The molecule has 2 aromatic carbocycles. The topological polar surface area (TPSA) is 89.7 Å². The molecular weight excluding hydrogens is 555 g/mol. The summed E-state index contributed by atoms with van der Waals surface area (Å²) in [5.74, 6) is -0.697. The van der Waals surface area contributed by atoms with Gasteiger partial charge < -0.3 is 0 Å². The van der Waals surface area contributed by atoms with Crippen molar-refractivity contribution in [2.24, 2.45) is 0 Å². The normalized spacial score (nSPS) is 34.0. The first-order valence-corrected chi connectivity index (χ1v) is 13.7. The van der Waals surface area contributed by atoms with E-state index in [1.54, 1.807) is 0 Å². The van der Waals surface area contributed by atoms with Crippen LogP contribution in [-0.2, 0) is 5.41 Å². The van der Waals surface area contributed by atoms with E-state index < -0.39 is 48.4 Å². The first-order chi connectivity index (χ1) is 15.7. The zero-order valence-corrected chi connectivity index (χ0v) is 21.3. The third-order valence-electron chi connectivity index (χ3n) is 7.79. The number of benzene rings is 2. The second-order valence-electron chi connectivity index (χ2n) is 9.84. The van der Waals surface area contributed by atoms with Gasteiger partial charge in [-0.1, -0.05) is 0 Å². The Kier molecular flexibility index (Phi) is 4.67. The van der Waals surface area contributed by atoms with Gasteiger partial charge in [-0.15, -0.1) is 0 Å². The van der Waals surface area contributed by atoms with Crippen LogP contribution in [-0.4, -0.2) is 48.0 Å².